The predicted octanol–water partition coefficient (Wildman–Crippen LogP) is 1.58. The van der Waals surface area contributed by atoms with Gasteiger partial charge in [0.25, 0.3) is 0 Å². The molecule has 0 aromatic heterocycles. The van der Waals surface area contributed by atoms with E-state index in [9.17, 15) is 9.90 Å². The monoisotopic (exact) mass is 268 g/mol. The molecule has 3 N–H and O–H groups in total. The smallest absolute Gasteiger partial charge is 0.227 e. The number of nitrogens with one attached hydrogen (secondary N) is 2. The Morgan fingerprint density at radius 3 is 2.42 bits per heavy atom. The van der Waals surface area contributed by atoms with Crippen molar-refractivity contribution >= 4 is 5.91 Å². The van der Waals surface area contributed by atoms with Crippen LogP contribution in [0.3, 0.4) is 0 Å². The van der Waals surface area contributed by atoms with Crippen molar-refractivity contribution in [3.8, 4) is 0 Å². The van der Waals surface area contributed by atoms with Gasteiger partial charge in [-0.1, -0.05) is 32.6 Å². The molecule has 0 bridgehead atoms. The summed E-state index contributed by atoms with van der Waals surface area (Å²) in [4.78, 5) is 12.4. The summed E-state index contributed by atoms with van der Waals surface area (Å²) >= 11 is 0. The van der Waals surface area contributed by atoms with Gasteiger partial charge in [0.2, 0.25) is 5.91 Å². The highest BCUT2D eigenvalue weighted by Gasteiger charge is 2.40. The third kappa shape index (κ3) is 3.48. The van der Waals surface area contributed by atoms with Crippen molar-refractivity contribution in [2.45, 2.75) is 63.9 Å². The van der Waals surface area contributed by atoms with Crippen LogP contribution in [0, 0.1) is 5.41 Å². The molecule has 1 unspecified atom stereocenters. The zero-order valence-corrected chi connectivity index (χ0v) is 12.1. The molecule has 0 aromatic carbocycles. The summed E-state index contributed by atoms with van der Waals surface area (Å²) in [6, 6.07) is 0. The Bertz CT molecular complexity index is 303. The summed E-state index contributed by atoms with van der Waals surface area (Å²) in [5.41, 5.74) is -0.922. The van der Waals surface area contributed by atoms with Gasteiger partial charge in [0.1, 0.15) is 0 Å². The second-order valence-corrected chi connectivity index (χ2v) is 6.38. The van der Waals surface area contributed by atoms with Crippen LogP contribution in [0.15, 0.2) is 0 Å². The lowest BCUT2D eigenvalue weighted by molar-refractivity contribution is -0.131. The van der Waals surface area contributed by atoms with Crippen LogP contribution in [-0.4, -0.2) is 36.2 Å². The molecule has 0 aromatic rings. The number of amides is 1. The van der Waals surface area contributed by atoms with Crippen LogP contribution >= 0.6 is 0 Å². The molecule has 2 aliphatic rings. The fourth-order valence-electron chi connectivity index (χ4n) is 3.40. The van der Waals surface area contributed by atoms with Gasteiger partial charge in [-0.2, -0.15) is 0 Å². The minimum Gasteiger partial charge on any atom is -0.388 e. The SMILES string of the molecule is CCC1(C(=O)NCC2(O)CCCCCC2)CCNC1. The number of aliphatic hydroxyl groups is 1. The van der Waals surface area contributed by atoms with Crippen molar-refractivity contribution in [2.75, 3.05) is 19.6 Å². The van der Waals surface area contributed by atoms with E-state index < -0.39 is 5.60 Å². The van der Waals surface area contributed by atoms with Gasteiger partial charge in [0, 0.05) is 13.1 Å². The summed E-state index contributed by atoms with van der Waals surface area (Å²) < 4.78 is 0. The molecule has 110 valence electrons. The Balaban J connectivity index is 1.88. The van der Waals surface area contributed by atoms with Crippen molar-refractivity contribution in [2.24, 2.45) is 5.41 Å². The first-order valence-corrected chi connectivity index (χ1v) is 7.82. The van der Waals surface area contributed by atoms with E-state index in [4.69, 9.17) is 0 Å². The van der Waals surface area contributed by atoms with E-state index in [0.29, 0.717) is 6.54 Å². The molecule has 0 spiro atoms. The van der Waals surface area contributed by atoms with Gasteiger partial charge in [0.15, 0.2) is 0 Å². The molecule has 1 heterocycles. The van der Waals surface area contributed by atoms with Crippen molar-refractivity contribution < 1.29 is 9.90 Å². The van der Waals surface area contributed by atoms with Crippen LogP contribution < -0.4 is 10.6 Å². The zero-order valence-electron chi connectivity index (χ0n) is 12.1. The second kappa shape index (κ2) is 6.23. The highest BCUT2D eigenvalue weighted by molar-refractivity contribution is 5.83. The molecule has 2 fully saturated rings. The largest absolute Gasteiger partial charge is 0.388 e. The van der Waals surface area contributed by atoms with Gasteiger partial charge in [0.05, 0.1) is 11.0 Å². The summed E-state index contributed by atoms with van der Waals surface area (Å²) in [6.45, 7) is 4.19. The Morgan fingerprint density at radius 2 is 1.89 bits per heavy atom. The van der Waals surface area contributed by atoms with Gasteiger partial charge >= 0.3 is 0 Å². The number of hydrogen-bond donors (Lipinski definition) is 3. The molecule has 4 nitrogen and oxygen atoms in total. The number of hydrogen-bond acceptors (Lipinski definition) is 3. The normalized spacial score (nSPS) is 30.8. The molecular formula is C15H28N2O2. The quantitative estimate of drug-likeness (QED) is 0.678. The minimum atomic E-state index is -0.673. The number of carbonyl (C=O) groups is 1. The molecule has 0 radical (unpaired) electrons. The lowest BCUT2D eigenvalue weighted by Crippen LogP contribution is -2.48. The van der Waals surface area contributed by atoms with Crippen molar-refractivity contribution in [3.63, 3.8) is 0 Å². The molecule has 4 heteroatoms. The fourth-order valence-corrected chi connectivity index (χ4v) is 3.40. The lowest BCUT2D eigenvalue weighted by atomic mass is 9.83. The minimum absolute atomic E-state index is 0.123. The molecule has 2 rings (SSSR count). The van der Waals surface area contributed by atoms with E-state index in [2.05, 4.69) is 17.6 Å². The average molecular weight is 268 g/mol. The van der Waals surface area contributed by atoms with E-state index in [1.807, 2.05) is 0 Å². The highest BCUT2D eigenvalue weighted by atomic mass is 16.3. The average Bonchev–Trinajstić information content (AvgIpc) is 2.81. The van der Waals surface area contributed by atoms with Gasteiger partial charge in [-0.05, 0) is 32.2 Å². The summed E-state index contributed by atoms with van der Waals surface area (Å²) in [5, 5.41) is 16.9. The van der Waals surface area contributed by atoms with E-state index in [0.717, 1.165) is 51.6 Å². The standard InChI is InChI=1S/C15H28N2O2/c1-2-14(9-10-16-11-14)13(18)17-12-15(19)7-5-3-4-6-8-15/h16,19H,2-12H2,1H3,(H,17,18). The van der Waals surface area contributed by atoms with Crippen molar-refractivity contribution in [3.05, 3.63) is 0 Å². The van der Waals surface area contributed by atoms with Crippen LogP contribution in [0.1, 0.15) is 58.3 Å². The molecule has 1 saturated carbocycles. The molecule has 1 aliphatic carbocycles. The van der Waals surface area contributed by atoms with E-state index in [1.165, 1.54) is 12.8 Å². The van der Waals surface area contributed by atoms with Crippen LogP contribution in [0.2, 0.25) is 0 Å². The molecular weight excluding hydrogens is 240 g/mol. The van der Waals surface area contributed by atoms with Crippen LogP contribution in [0.5, 0.6) is 0 Å². The summed E-state index contributed by atoms with van der Waals surface area (Å²) in [7, 11) is 0. The van der Waals surface area contributed by atoms with Gasteiger partial charge in [-0.3, -0.25) is 4.79 Å². The molecule has 1 atom stereocenters. The molecule has 1 saturated heterocycles. The van der Waals surface area contributed by atoms with Gasteiger partial charge in [-0.25, -0.2) is 0 Å². The maximum atomic E-state index is 12.4. The third-order valence-electron chi connectivity index (χ3n) is 5.01. The fraction of sp³-hybridized carbons (Fsp3) is 0.933. The zero-order chi connectivity index (χ0) is 13.8. The predicted molar refractivity (Wildman–Crippen MR) is 75.9 cm³/mol. The topological polar surface area (TPSA) is 61.4 Å². The second-order valence-electron chi connectivity index (χ2n) is 6.38. The third-order valence-corrected chi connectivity index (χ3v) is 5.01. The van der Waals surface area contributed by atoms with E-state index in [1.54, 1.807) is 0 Å². The van der Waals surface area contributed by atoms with Gasteiger partial charge < -0.3 is 15.7 Å². The molecule has 19 heavy (non-hydrogen) atoms. The Hall–Kier alpha value is -0.610. The molecule has 1 aliphatic heterocycles. The summed E-state index contributed by atoms with van der Waals surface area (Å²) in [5.74, 6) is 0.123. The van der Waals surface area contributed by atoms with Gasteiger partial charge in [-0.15, -0.1) is 0 Å². The van der Waals surface area contributed by atoms with Crippen LogP contribution in [0.4, 0.5) is 0 Å². The summed E-state index contributed by atoms with van der Waals surface area (Å²) in [6.07, 6.45) is 7.99. The first-order valence-electron chi connectivity index (χ1n) is 7.82. The Morgan fingerprint density at radius 1 is 1.21 bits per heavy atom. The van der Waals surface area contributed by atoms with Crippen molar-refractivity contribution in [1.29, 1.82) is 0 Å². The first kappa shape index (κ1) is 14.8. The van der Waals surface area contributed by atoms with Crippen LogP contribution in [0.25, 0.3) is 0 Å². The maximum absolute atomic E-state index is 12.4. The first-order chi connectivity index (χ1) is 9.10. The maximum Gasteiger partial charge on any atom is 0.227 e. The van der Waals surface area contributed by atoms with Crippen LogP contribution in [-0.2, 0) is 4.79 Å². The Kier molecular flexibility index (Phi) is 4.85. The van der Waals surface area contributed by atoms with Crippen molar-refractivity contribution in [1.82, 2.24) is 10.6 Å². The highest BCUT2D eigenvalue weighted by Crippen LogP contribution is 2.31. The Labute approximate surface area is 116 Å². The number of carbonyl (C=O) groups excluding carboxylic acids is 1. The molecule has 1 amide bonds. The van der Waals surface area contributed by atoms with E-state index in [-0.39, 0.29) is 11.3 Å². The van der Waals surface area contributed by atoms with E-state index >= 15 is 0 Å². The number of rotatable bonds is 4. The lowest BCUT2D eigenvalue weighted by Gasteiger charge is -2.31.